The summed E-state index contributed by atoms with van der Waals surface area (Å²) in [5.74, 6) is -0.231. The van der Waals surface area contributed by atoms with Crippen molar-refractivity contribution in [2.24, 2.45) is 0 Å². The van der Waals surface area contributed by atoms with Gasteiger partial charge in [0.2, 0.25) is 5.91 Å². The monoisotopic (exact) mass is 305 g/mol. The van der Waals surface area contributed by atoms with Crippen LogP contribution >= 0.6 is 15.9 Å². The number of nitrogens with one attached hydrogen (secondary N) is 1. The van der Waals surface area contributed by atoms with E-state index in [1.807, 2.05) is 31.2 Å². The van der Waals surface area contributed by atoms with Crippen LogP contribution in [-0.4, -0.2) is 15.7 Å². The highest BCUT2D eigenvalue weighted by Gasteiger charge is 2.06. The van der Waals surface area contributed by atoms with Gasteiger partial charge < -0.3 is 5.32 Å². The minimum Gasteiger partial charge on any atom is -0.322 e. The van der Waals surface area contributed by atoms with Gasteiger partial charge in [-0.15, -0.1) is 0 Å². The number of anilines is 1. The standard InChI is InChI=1S/C13H12BrN3O/c1-3-13(18)16-10-5-4-6-11(7-10)17-9(2)12(14)8-15-17/h3-8H,1H2,2H3,(H,16,18). The fourth-order valence-corrected chi connectivity index (χ4v) is 1.82. The Morgan fingerprint density at radius 3 is 2.94 bits per heavy atom. The summed E-state index contributed by atoms with van der Waals surface area (Å²) in [7, 11) is 0. The molecule has 1 aromatic carbocycles. The minimum absolute atomic E-state index is 0.231. The second kappa shape index (κ2) is 5.18. The maximum absolute atomic E-state index is 11.2. The Morgan fingerprint density at radius 1 is 1.56 bits per heavy atom. The Kier molecular flexibility index (Phi) is 3.62. The molecule has 0 saturated heterocycles. The van der Waals surface area contributed by atoms with Crippen LogP contribution in [0.5, 0.6) is 0 Å². The predicted octanol–water partition coefficient (Wildman–Crippen LogP) is 3.07. The van der Waals surface area contributed by atoms with Crippen molar-refractivity contribution in [1.29, 1.82) is 0 Å². The molecule has 0 unspecified atom stereocenters. The molecule has 1 heterocycles. The Bertz CT molecular complexity index is 604. The lowest BCUT2D eigenvalue weighted by atomic mass is 10.2. The van der Waals surface area contributed by atoms with Crippen molar-refractivity contribution in [2.75, 3.05) is 5.32 Å². The molecule has 1 amide bonds. The summed E-state index contributed by atoms with van der Waals surface area (Å²) in [5.41, 5.74) is 2.60. The summed E-state index contributed by atoms with van der Waals surface area (Å²) in [4.78, 5) is 11.2. The highest BCUT2D eigenvalue weighted by molar-refractivity contribution is 9.10. The zero-order valence-corrected chi connectivity index (χ0v) is 11.4. The molecule has 0 aliphatic rings. The summed E-state index contributed by atoms with van der Waals surface area (Å²) in [6.45, 7) is 5.38. The summed E-state index contributed by atoms with van der Waals surface area (Å²) >= 11 is 3.42. The van der Waals surface area contributed by atoms with Crippen molar-refractivity contribution in [3.05, 3.63) is 53.3 Å². The van der Waals surface area contributed by atoms with Gasteiger partial charge in [-0.05, 0) is 47.1 Å². The zero-order valence-electron chi connectivity index (χ0n) is 9.85. The molecule has 2 aromatic rings. The molecular formula is C13H12BrN3O. The van der Waals surface area contributed by atoms with E-state index in [1.54, 1.807) is 10.9 Å². The molecular weight excluding hydrogens is 294 g/mol. The number of hydrogen-bond donors (Lipinski definition) is 1. The van der Waals surface area contributed by atoms with E-state index < -0.39 is 0 Å². The summed E-state index contributed by atoms with van der Waals surface area (Å²) < 4.78 is 2.75. The third kappa shape index (κ3) is 2.51. The third-order valence-electron chi connectivity index (χ3n) is 2.49. The number of rotatable bonds is 3. The molecule has 0 atom stereocenters. The Labute approximate surface area is 113 Å². The number of benzene rings is 1. The Morgan fingerprint density at radius 2 is 2.33 bits per heavy atom. The molecule has 0 radical (unpaired) electrons. The molecule has 0 fully saturated rings. The van der Waals surface area contributed by atoms with Gasteiger partial charge in [0.1, 0.15) is 0 Å². The molecule has 1 aromatic heterocycles. The van der Waals surface area contributed by atoms with Gasteiger partial charge in [-0.1, -0.05) is 12.6 Å². The number of carbonyl (C=O) groups is 1. The van der Waals surface area contributed by atoms with Gasteiger partial charge in [0.05, 0.1) is 22.1 Å². The first-order valence-corrected chi connectivity index (χ1v) is 6.15. The van der Waals surface area contributed by atoms with E-state index in [9.17, 15) is 4.79 Å². The molecule has 0 spiro atoms. The summed E-state index contributed by atoms with van der Waals surface area (Å²) in [6, 6.07) is 7.46. The average Bonchev–Trinajstić information content (AvgIpc) is 2.70. The molecule has 2 rings (SSSR count). The van der Waals surface area contributed by atoms with Gasteiger partial charge in [-0.3, -0.25) is 4.79 Å². The van der Waals surface area contributed by atoms with E-state index in [-0.39, 0.29) is 5.91 Å². The third-order valence-corrected chi connectivity index (χ3v) is 3.27. The van der Waals surface area contributed by atoms with Gasteiger partial charge in [0.25, 0.3) is 0 Å². The molecule has 1 N–H and O–H groups in total. The summed E-state index contributed by atoms with van der Waals surface area (Å²) in [6.07, 6.45) is 2.98. The SMILES string of the molecule is C=CC(=O)Nc1cccc(-n2ncc(Br)c2C)c1. The van der Waals surface area contributed by atoms with Crippen LogP contribution in [0, 0.1) is 6.92 Å². The molecule has 4 nitrogen and oxygen atoms in total. The van der Waals surface area contributed by atoms with E-state index in [0.29, 0.717) is 5.69 Å². The normalized spacial score (nSPS) is 10.1. The van der Waals surface area contributed by atoms with E-state index in [4.69, 9.17) is 0 Å². The van der Waals surface area contributed by atoms with Gasteiger partial charge in [-0.2, -0.15) is 5.10 Å². The Hall–Kier alpha value is -1.88. The molecule has 0 aliphatic heterocycles. The lowest BCUT2D eigenvalue weighted by molar-refractivity contribution is -0.111. The minimum atomic E-state index is -0.231. The van der Waals surface area contributed by atoms with Crippen LogP contribution in [-0.2, 0) is 4.79 Å². The number of amides is 1. The first kappa shape index (κ1) is 12.6. The maximum Gasteiger partial charge on any atom is 0.247 e. The van der Waals surface area contributed by atoms with Crippen LogP contribution in [0.15, 0.2) is 47.6 Å². The Balaban J connectivity index is 2.35. The average molecular weight is 306 g/mol. The number of hydrogen-bond acceptors (Lipinski definition) is 2. The maximum atomic E-state index is 11.2. The number of aromatic nitrogens is 2. The van der Waals surface area contributed by atoms with Gasteiger partial charge in [-0.25, -0.2) is 4.68 Å². The molecule has 92 valence electrons. The van der Waals surface area contributed by atoms with E-state index in [0.717, 1.165) is 15.9 Å². The smallest absolute Gasteiger partial charge is 0.247 e. The molecule has 0 aliphatic carbocycles. The van der Waals surface area contributed by atoms with Gasteiger partial charge in [0.15, 0.2) is 0 Å². The second-order valence-corrected chi connectivity index (χ2v) is 4.59. The molecule has 18 heavy (non-hydrogen) atoms. The van der Waals surface area contributed by atoms with Crippen LogP contribution in [0.1, 0.15) is 5.69 Å². The van der Waals surface area contributed by atoms with E-state index in [1.165, 1.54) is 6.08 Å². The number of carbonyl (C=O) groups excluding carboxylic acids is 1. The van der Waals surface area contributed by atoms with Crippen LogP contribution in [0.3, 0.4) is 0 Å². The van der Waals surface area contributed by atoms with Crippen molar-refractivity contribution in [3.8, 4) is 5.69 Å². The lowest BCUT2D eigenvalue weighted by Gasteiger charge is -2.07. The molecule has 0 bridgehead atoms. The second-order valence-electron chi connectivity index (χ2n) is 3.73. The first-order chi connectivity index (χ1) is 8.61. The largest absolute Gasteiger partial charge is 0.322 e. The van der Waals surface area contributed by atoms with Gasteiger partial charge in [0, 0.05) is 5.69 Å². The van der Waals surface area contributed by atoms with E-state index >= 15 is 0 Å². The van der Waals surface area contributed by atoms with Crippen LogP contribution in [0.2, 0.25) is 0 Å². The predicted molar refractivity (Wildman–Crippen MR) is 74.8 cm³/mol. The van der Waals surface area contributed by atoms with Crippen LogP contribution in [0.4, 0.5) is 5.69 Å². The van der Waals surface area contributed by atoms with Crippen molar-refractivity contribution in [3.63, 3.8) is 0 Å². The molecule has 5 heteroatoms. The van der Waals surface area contributed by atoms with Crippen molar-refractivity contribution in [1.82, 2.24) is 9.78 Å². The quantitative estimate of drug-likeness (QED) is 0.886. The van der Waals surface area contributed by atoms with Crippen LogP contribution in [0.25, 0.3) is 5.69 Å². The highest BCUT2D eigenvalue weighted by atomic mass is 79.9. The number of halogens is 1. The van der Waals surface area contributed by atoms with Crippen molar-refractivity contribution in [2.45, 2.75) is 6.92 Å². The topological polar surface area (TPSA) is 46.9 Å². The highest BCUT2D eigenvalue weighted by Crippen LogP contribution is 2.20. The first-order valence-electron chi connectivity index (χ1n) is 5.36. The van der Waals surface area contributed by atoms with Crippen molar-refractivity contribution < 1.29 is 4.79 Å². The van der Waals surface area contributed by atoms with Gasteiger partial charge >= 0.3 is 0 Å². The summed E-state index contributed by atoms with van der Waals surface area (Å²) in [5, 5.41) is 6.98. The van der Waals surface area contributed by atoms with E-state index in [2.05, 4.69) is 32.9 Å². The lowest BCUT2D eigenvalue weighted by Crippen LogP contribution is -2.08. The fraction of sp³-hybridized carbons (Fsp3) is 0.0769. The van der Waals surface area contributed by atoms with Crippen molar-refractivity contribution >= 4 is 27.5 Å². The van der Waals surface area contributed by atoms with Crippen LogP contribution < -0.4 is 5.32 Å². The zero-order chi connectivity index (χ0) is 13.1. The molecule has 0 saturated carbocycles. The number of nitrogens with zero attached hydrogens (tertiary/aromatic N) is 2. The fourth-order valence-electron chi connectivity index (χ4n) is 1.56.